The molecule has 0 saturated heterocycles. The van der Waals surface area contributed by atoms with Crippen LogP contribution in [-0.2, 0) is 24.4 Å². The van der Waals surface area contributed by atoms with Crippen LogP contribution in [0.4, 0.5) is 0 Å². The van der Waals surface area contributed by atoms with E-state index in [-0.39, 0.29) is 11.9 Å². The fourth-order valence-corrected chi connectivity index (χ4v) is 3.07. The lowest BCUT2D eigenvalue weighted by Gasteiger charge is -2.31. The standard InChI is InChI=1S/C14H18N4OS/c1-11(14(19)16-9-12-3-2-8-20-12)18-7-6-17-5-4-15-13(17)10-18/h2-5,8,11H,6-7,9-10H2,1H3,(H,16,19)/t11-/m0/s1. The van der Waals surface area contributed by atoms with Crippen molar-refractivity contribution in [1.82, 2.24) is 19.8 Å². The van der Waals surface area contributed by atoms with Crippen LogP contribution >= 0.6 is 11.3 Å². The number of rotatable bonds is 4. The molecule has 0 aliphatic carbocycles. The summed E-state index contributed by atoms with van der Waals surface area (Å²) in [5.74, 6) is 1.12. The van der Waals surface area contributed by atoms with E-state index >= 15 is 0 Å². The van der Waals surface area contributed by atoms with Gasteiger partial charge in [0, 0.05) is 30.4 Å². The van der Waals surface area contributed by atoms with Gasteiger partial charge in [-0.3, -0.25) is 9.69 Å². The zero-order valence-corrected chi connectivity index (χ0v) is 12.3. The summed E-state index contributed by atoms with van der Waals surface area (Å²) in [4.78, 5) is 19.9. The lowest BCUT2D eigenvalue weighted by Crippen LogP contribution is -2.47. The number of hydrogen-bond acceptors (Lipinski definition) is 4. The second kappa shape index (κ2) is 5.76. The SMILES string of the molecule is C[C@@H](C(=O)NCc1cccs1)N1CCn2ccnc2C1. The van der Waals surface area contributed by atoms with Crippen LogP contribution in [0, 0.1) is 0 Å². The topological polar surface area (TPSA) is 50.2 Å². The molecule has 106 valence electrons. The van der Waals surface area contributed by atoms with Crippen molar-refractivity contribution in [2.24, 2.45) is 0 Å². The Morgan fingerprint density at radius 2 is 2.45 bits per heavy atom. The zero-order chi connectivity index (χ0) is 13.9. The quantitative estimate of drug-likeness (QED) is 0.927. The Kier molecular flexibility index (Phi) is 3.84. The van der Waals surface area contributed by atoms with Crippen LogP contribution in [0.5, 0.6) is 0 Å². The van der Waals surface area contributed by atoms with Crippen LogP contribution in [0.2, 0.25) is 0 Å². The van der Waals surface area contributed by atoms with Gasteiger partial charge in [0.25, 0.3) is 0 Å². The number of aromatic nitrogens is 2. The van der Waals surface area contributed by atoms with Crippen molar-refractivity contribution >= 4 is 17.2 Å². The van der Waals surface area contributed by atoms with Gasteiger partial charge in [-0.2, -0.15) is 0 Å². The summed E-state index contributed by atoms with van der Waals surface area (Å²) in [7, 11) is 0. The first-order valence-corrected chi connectivity index (χ1v) is 7.66. The van der Waals surface area contributed by atoms with Gasteiger partial charge in [0.2, 0.25) is 5.91 Å². The minimum Gasteiger partial charge on any atom is -0.350 e. The monoisotopic (exact) mass is 290 g/mol. The van der Waals surface area contributed by atoms with Gasteiger partial charge in [0.05, 0.1) is 19.1 Å². The maximum Gasteiger partial charge on any atom is 0.237 e. The first-order valence-electron chi connectivity index (χ1n) is 6.78. The molecule has 2 aromatic heterocycles. The molecule has 0 aromatic carbocycles. The molecule has 3 heterocycles. The molecule has 0 bridgehead atoms. The molecule has 2 aromatic rings. The number of carbonyl (C=O) groups is 1. The lowest BCUT2D eigenvalue weighted by molar-refractivity contribution is -0.126. The average Bonchev–Trinajstić information content (AvgIpc) is 3.13. The molecule has 20 heavy (non-hydrogen) atoms. The first kappa shape index (κ1) is 13.3. The highest BCUT2D eigenvalue weighted by Crippen LogP contribution is 2.14. The summed E-state index contributed by atoms with van der Waals surface area (Å²) in [6.45, 7) is 5.10. The number of fused-ring (bicyclic) bond motifs is 1. The van der Waals surface area contributed by atoms with Crippen LogP contribution in [0.3, 0.4) is 0 Å². The molecule has 5 nitrogen and oxygen atoms in total. The van der Waals surface area contributed by atoms with Gasteiger partial charge in [-0.25, -0.2) is 4.98 Å². The Bertz CT molecular complexity index is 578. The predicted molar refractivity (Wildman–Crippen MR) is 78.3 cm³/mol. The molecule has 0 radical (unpaired) electrons. The number of thiophene rings is 1. The molecule has 1 N–H and O–H groups in total. The third kappa shape index (κ3) is 2.76. The van der Waals surface area contributed by atoms with Crippen molar-refractivity contribution in [3.63, 3.8) is 0 Å². The van der Waals surface area contributed by atoms with Gasteiger partial charge in [-0.05, 0) is 18.4 Å². The Morgan fingerprint density at radius 1 is 1.55 bits per heavy atom. The highest BCUT2D eigenvalue weighted by Gasteiger charge is 2.25. The van der Waals surface area contributed by atoms with Crippen molar-refractivity contribution < 1.29 is 4.79 Å². The second-order valence-corrected chi connectivity index (χ2v) is 6.01. The van der Waals surface area contributed by atoms with Crippen LogP contribution in [0.15, 0.2) is 29.9 Å². The number of nitrogens with zero attached hydrogens (tertiary/aromatic N) is 3. The summed E-state index contributed by atoms with van der Waals surface area (Å²) < 4.78 is 2.15. The van der Waals surface area contributed by atoms with E-state index in [4.69, 9.17) is 0 Å². The van der Waals surface area contributed by atoms with Gasteiger partial charge < -0.3 is 9.88 Å². The molecule has 6 heteroatoms. The minimum atomic E-state index is -0.125. The summed E-state index contributed by atoms with van der Waals surface area (Å²) in [5, 5.41) is 5.03. The second-order valence-electron chi connectivity index (χ2n) is 4.98. The minimum absolute atomic E-state index is 0.0819. The molecular weight excluding hydrogens is 272 g/mol. The van der Waals surface area contributed by atoms with Gasteiger partial charge in [-0.15, -0.1) is 11.3 Å². The average molecular weight is 290 g/mol. The van der Waals surface area contributed by atoms with Gasteiger partial charge in [-0.1, -0.05) is 6.07 Å². The Labute approximate surface area is 122 Å². The number of carbonyl (C=O) groups excluding carboxylic acids is 1. The van der Waals surface area contributed by atoms with Gasteiger partial charge >= 0.3 is 0 Å². The fraction of sp³-hybridized carbons (Fsp3) is 0.429. The van der Waals surface area contributed by atoms with Crippen molar-refractivity contribution in [3.8, 4) is 0 Å². The smallest absolute Gasteiger partial charge is 0.237 e. The molecule has 1 aliphatic rings. The predicted octanol–water partition coefficient (Wildman–Crippen LogP) is 1.47. The Balaban J connectivity index is 1.56. The molecule has 0 saturated carbocycles. The van der Waals surface area contributed by atoms with E-state index in [0.29, 0.717) is 6.54 Å². The highest BCUT2D eigenvalue weighted by atomic mass is 32.1. The molecule has 0 spiro atoms. The third-order valence-electron chi connectivity index (χ3n) is 3.72. The van der Waals surface area contributed by atoms with Crippen LogP contribution < -0.4 is 5.32 Å². The fourth-order valence-electron chi connectivity index (χ4n) is 2.42. The van der Waals surface area contributed by atoms with Crippen molar-refractivity contribution in [2.45, 2.75) is 32.6 Å². The Hall–Kier alpha value is -1.66. The molecule has 3 rings (SSSR count). The molecule has 0 fully saturated rings. The highest BCUT2D eigenvalue weighted by molar-refractivity contribution is 7.09. The lowest BCUT2D eigenvalue weighted by atomic mass is 10.2. The van der Waals surface area contributed by atoms with Crippen molar-refractivity contribution in [1.29, 1.82) is 0 Å². The normalized spacial score (nSPS) is 16.6. The van der Waals surface area contributed by atoms with Crippen LogP contribution in [-0.4, -0.2) is 32.9 Å². The summed E-state index contributed by atoms with van der Waals surface area (Å²) in [6.07, 6.45) is 3.81. The van der Waals surface area contributed by atoms with Crippen LogP contribution in [0.25, 0.3) is 0 Å². The summed E-state index contributed by atoms with van der Waals surface area (Å²) in [5.41, 5.74) is 0. The number of amides is 1. The van der Waals surface area contributed by atoms with E-state index in [0.717, 1.165) is 25.5 Å². The molecule has 1 aliphatic heterocycles. The zero-order valence-electron chi connectivity index (χ0n) is 11.5. The largest absolute Gasteiger partial charge is 0.350 e. The maximum absolute atomic E-state index is 12.2. The van der Waals surface area contributed by atoms with E-state index in [1.165, 1.54) is 4.88 Å². The van der Waals surface area contributed by atoms with E-state index in [9.17, 15) is 4.79 Å². The number of imidazole rings is 1. The third-order valence-corrected chi connectivity index (χ3v) is 4.59. The van der Waals surface area contributed by atoms with E-state index in [1.54, 1.807) is 11.3 Å². The van der Waals surface area contributed by atoms with Gasteiger partial charge in [0.15, 0.2) is 0 Å². The first-order chi connectivity index (χ1) is 9.74. The number of nitrogens with one attached hydrogen (secondary N) is 1. The summed E-state index contributed by atoms with van der Waals surface area (Å²) in [6, 6.07) is 3.91. The summed E-state index contributed by atoms with van der Waals surface area (Å²) >= 11 is 1.66. The van der Waals surface area contributed by atoms with E-state index < -0.39 is 0 Å². The molecular formula is C14H18N4OS. The Morgan fingerprint density at radius 3 is 3.25 bits per heavy atom. The molecule has 1 atom stereocenters. The molecule has 0 unspecified atom stereocenters. The maximum atomic E-state index is 12.2. The van der Waals surface area contributed by atoms with E-state index in [1.807, 2.05) is 36.8 Å². The van der Waals surface area contributed by atoms with Crippen LogP contribution in [0.1, 0.15) is 17.6 Å². The molecule has 1 amide bonds. The number of hydrogen-bond donors (Lipinski definition) is 1. The van der Waals surface area contributed by atoms with Crippen molar-refractivity contribution in [2.75, 3.05) is 6.54 Å². The van der Waals surface area contributed by atoms with Crippen molar-refractivity contribution in [3.05, 3.63) is 40.6 Å². The van der Waals surface area contributed by atoms with E-state index in [2.05, 4.69) is 19.8 Å². The van der Waals surface area contributed by atoms with Gasteiger partial charge in [0.1, 0.15) is 5.82 Å².